The third kappa shape index (κ3) is 9.38. The molecular weight excluding hydrogens is 667 g/mol. The molecule has 1 saturated carbocycles. The highest BCUT2D eigenvalue weighted by Gasteiger charge is 2.45. The van der Waals surface area contributed by atoms with Crippen LogP contribution in [0.25, 0.3) is 11.3 Å². The molecule has 12 heteroatoms. The average molecular weight is 720 g/mol. The number of benzene rings is 2. The van der Waals surface area contributed by atoms with E-state index in [0.717, 1.165) is 29.5 Å². The highest BCUT2D eigenvalue weighted by Crippen LogP contribution is 2.46. The van der Waals surface area contributed by atoms with E-state index < -0.39 is 21.7 Å². The second-order valence-electron chi connectivity index (χ2n) is 16.9. The van der Waals surface area contributed by atoms with E-state index in [9.17, 15) is 18.0 Å². The second kappa shape index (κ2) is 14.1. The maximum Gasteiger partial charge on any atom is 0.407 e. The van der Waals surface area contributed by atoms with Crippen LogP contribution in [0.3, 0.4) is 0 Å². The summed E-state index contributed by atoms with van der Waals surface area (Å²) in [6.45, 7) is 20.2. The molecular formula is C39H53N5O6S. The molecule has 1 aromatic heterocycles. The van der Waals surface area contributed by atoms with Crippen LogP contribution in [0.4, 0.5) is 10.7 Å². The molecule has 4 bridgehead atoms. The molecule has 2 amide bonds. The Hall–Kier alpha value is -4.19. The Morgan fingerprint density at radius 2 is 1.71 bits per heavy atom. The first-order valence-electron chi connectivity index (χ1n) is 17.6. The molecule has 0 spiro atoms. The molecule has 5 rings (SSSR count). The van der Waals surface area contributed by atoms with E-state index in [2.05, 4.69) is 47.7 Å². The molecule has 1 aliphatic carbocycles. The van der Waals surface area contributed by atoms with Crippen molar-refractivity contribution >= 4 is 28.0 Å². The highest BCUT2D eigenvalue weighted by atomic mass is 32.2. The number of carbonyl (C=O) groups is 2. The Balaban J connectivity index is 1.53. The normalized spacial score (nSPS) is 22.5. The van der Waals surface area contributed by atoms with Crippen molar-refractivity contribution in [2.45, 2.75) is 124 Å². The van der Waals surface area contributed by atoms with Gasteiger partial charge in [0.1, 0.15) is 12.2 Å². The van der Waals surface area contributed by atoms with E-state index in [1.165, 1.54) is 12.1 Å². The van der Waals surface area contributed by atoms with Gasteiger partial charge in [-0.2, -0.15) is 4.98 Å². The number of hydrogen-bond acceptors (Lipinski definition) is 8. The fourth-order valence-electron chi connectivity index (χ4n) is 7.55. The fourth-order valence-corrected chi connectivity index (χ4v) is 8.54. The van der Waals surface area contributed by atoms with E-state index in [1.54, 1.807) is 18.2 Å². The van der Waals surface area contributed by atoms with Crippen molar-refractivity contribution < 1.29 is 27.5 Å². The maximum absolute atomic E-state index is 14.7. The summed E-state index contributed by atoms with van der Waals surface area (Å²) in [4.78, 5) is 38.0. The Labute approximate surface area is 303 Å². The fraction of sp³-hybridized carbons (Fsp3) is 0.538. The zero-order chi connectivity index (χ0) is 37.5. The Kier molecular flexibility index (Phi) is 10.5. The number of anilines is 1. The smallest absolute Gasteiger partial charge is 0.407 e. The van der Waals surface area contributed by atoms with Gasteiger partial charge < -0.3 is 19.7 Å². The first-order valence-corrected chi connectivity index (χ1v) is 19.1. The molecule has 0 saturated heterocycles. The van der Waals surface area contributed by atoms with Gasteiger partial charge in [0.25, 0.3) is 15.9 Å². The summed E-state index contributed by atoms with van der Waals surface area (Å²) in [6.07, 6.45) is 2.32. The van der Waals surface area contributed by atoms with Crippen LogP contribution in [0.1, 0.15) is 103 Å². The van der Waals surface area contributed by atoms with Crippen molar-refractivity contribution in [2.24, 2.45) is 10.8 Å². The van der Waals surface area contributed by atoms with Crippen LogP contribution in [-0.2, 0) is 14.8 Å². The maximum atomic E-state index is 14.7. The number of fused-ring (bicyclic) bond motifs is 4. The zero-order valence-electron chi connectivity index (χ0n) is 31.6. The van der Waals surface area contributed by atoms with Crippen LogP contribution in [0, 0.1) is 24.7 Å². The summed E-state index contributed by atoms with van der Waals surface area (Å²) in [6, 6.07) is 13.1. The van der Waals surface area contributed by atoms with Crippen LogP contribution in [-0.4, -0.2) is 65.6 Å². The molecule has 0 radical (unpaired) electrons. The van der Waals surface area contributed by atoms with Crippen molar-refractivity contribution in [2.75, 3.05) is 11.3 Å². The summed E-state index contributed by atoms with van der Waals surface area (Å²) in [7, 11) is -4.18. The number of nitrogens with one attached hydrogen (secondary N) is 2. The molecule has 3 aromatic rings. The SMILES string of the molecule is Cc1cccc(C)c1-c1cc2nc(n1)NS(=O)(=O)c1cccc(c1)C(=O)N(C(C)CC1(C)CC(NC(=O)OC(C)(C)C)C1)[C@H](CC(C)(C)C)CO2. The monoisotopic (exact) mass is 719 g/mol. The lowest BCUT2D eigenvalue weighted by Crippen LogP contribution is -2.55. The number of carbonyl (C=O) groups excluding carboxylic acids is 2. The van der Waals surface area contributed by atoms with Gasteiger partial charge in [0.05, 0.1) is 16.6 Å². The lowest BCUT2D eigenvalue weighted by molar-refractivity contribution is 0.0107. The van der Waals surface area contributed by atoms with E-state index >= 15 is 0 Å². The standard InChI is InChI=1S/C39H53N5O6S/c1-24-13-11-14-25(2)33(24)31-18-32-42-35(41-31)43-51(47,48)30-16-12-15-27(17-30)34(45)44(29(23-49-32)22-37(4,5)6)26(3)19-39(10)20-28(21-39)40-36(46)50-38(7,8)9/h11-18,26,28-29H,19-23H2,1-10H3,(H,40,46)(H,41,42,43)/t26?,28?,29-,39?/m1/s1. The number of ether oxygens (including phenoxy) is 2. The lowest BCUT2D eigenvalue weighted by atomic mass is 9.63. The predicted octanol–water partition coefficient (Wildman–Crippen LogP) is 7.67. The quantitative estimate of drug-likeness (QED) is 0.265. The molecule has 1 fully saturated rings. The molecule has 2 aliphatic rings. The number of aryl methyl sites for hydroxylation is 2. The molecule has 1 unspecified atom stereocenters. The van der Waals surface area contributed by atoms with Gasteiger partial charge in [0.2, 0.25) is 11.8 Å². The largest absolute Gasteiger partial charge is 0.475 e. The lowest BCUT2D eigenvalue weighted by Gasteiger charge is -2.49. The molecule has 2 atom stereocenters. The minimum Gasteiger partial charge on any atom is -0.475 e. The van der Waals surface area contributed by atoms with Crippen molar-refractivity contribution in [3.8, 4) is 17.1 Å². The number of nitrogens with zero attached hydrogens (tertiary/aromatic N) is 3. The number of rotatable bonds is 6. The first kappa shape index (κ1) is 38.1. The number of hydrogen-bond donors (Lipinski definition) is 2. The van der Waals surface area contributed by atoms with Crippen molar-refractivity contribution in [1.82, 2.24) is 20.2 Å². The third-order valence-electron chi connectivity index (χ3n) is 9.42. The summed E-state index contributed by atoms with van der Waals surface area (Å²) in [5, 5.41) is 2.98. The van der Waals surface area contributed by atoms with E-state index in [1.807, 2.05) is 64.6 Å². The van der Waals surface area contributed by atoms with Crippen LogP contribution in [0.5, 0.6) is 5.88 Å². The van der Waals surface area contributed by atoms with E-state index in [4.69, 9.17) is 9.47 Å². The molecule has 51 heavy (non-hydrogen) atoms. The van der Waals surface area contributed by atoms with E-state index in [-0.39, 0.29) is 63.8 Å². The van der Waals surface area contributed by atoms with Crippen molar-refractivity contribution in [3.05, 3.63) is 65.2 Å². The number of amides is 2. The minimum atomic E-state index is -4.18. The van der Waals surface area contributed by atoms with Gasteiger partial charge in [-0.05, 0) is 107 Å². The van der Waals surface area contributed by atoms with Crippen LogP contribution >= 0.6 is 0 Å². The molecule has 276 valence electrons. The summed E-state index contributed by atoms with van der Waals surface area (Å²) in [5.41, 5.74) is 2.68. The summed E-state index contributed by atoms with van der Waals surface area (Å²) >= 11 is 0. The van der Waals surface area contributed by atoms with Gasteiger partial charge in [0.15, 0.2) is 0 Å². The third-order valence-corrected chi connectivity index (χ3v) is 10.7. The number of alkyl carbamates (subject to hydrolysis) is 1. The number of sulfonamides is 1. The first-order chi connectivity index (χ1) is 23.6. The van der Waals surface area contributed by atoms with E-state index in [0.29, 0.717) is 18.5 Å². The van der Waals surface area contributed by atoms with Crippen molar-refractivity contribution in [3.63, 3.8) is 0 Å². The average Bonchev–Trinajstić information content (AvgIpc) is 2.97. The Morgan fingerprint density at radius 3 is 2.33 bits per heavy atom. The van der Waals surface area contributed by atoms with Gasteiger partial charge in [0, 0.05) is 29.3 Å². The van der Waals surface area contributed by atoms with Gasteiger partial charge in [-0.3, -0.25) is 4.79 Å². The van der Waals surface area contributed by atoms with Crippen LogP contribution < -0.4 is 14.8 Å². The molecule has 2 heterocycles. The second-order valence-corrected chi connectivity index (χ2v) is 18.6. The molecule has 1 aliphatic heterocycles. The van der Waals surface area contributed by atoms with Gasteiger partial charge >= 0.3 is 6.09 Å². The van der Waals surface area contributed by atoms with Crippen LogP contribution in [0.2, 0.25) is 0 Å². The van der Waals surface area contributed by atoms with Gasteiger partial charge in [-0.25, -0.2) is 22.9 Å². The Morgan fingerprint density at radius 1 is 1.06 bits per heavy atom. The molecule has 11 nitrogen and oxygen atoms in total. The van der Waals surface area contributed by atoms with Gasteiger partial charge in [-0.15, -0.1) is 0 Å². The van der Waals surface area contributed by atoms with Crippen molar-refractivity contribution in [1.29, 1.82) is 0 Å². The number of aromatic nitrogens is 2. The summed E-state index contributed by atoms with van der Waals surface area (Å²) in [5.74, 6) is -0.199. The Bertz CT molecular complexity index is 1870. The van der Waals surface area contributed by atoms with Gasteiger partial charge in [-0.1, -0.05) is 52.0 Å². The molecule has 2 aromatic carbocycles. The topological polar surface area (TPSA) is 140 Å². The zero-order valence-corrected chi connectivity index (χ0v) is 32.4. The minimum absolute atomic E-state index is 0.0241. The molecule has 2 N–H and O–H groups in total. The summed E-state index contributed by atoms with van der Waals surface area (Å²) < 4.78 is 41.9. The van der Waals surface area contributed by atoms with Crippen LogP contribution in [0.15, 0.2) is 53.4 Å². The predicted molar refractivity (Wildman–Crippen MR) is 198 cm³/mol. The highest BCUT2D eigenvalue weighted by molar-refractivity contribution is 7.92.